The van der Waals surface area contributed by atoms with Crippen LogP contribution in [0.1, 0.15) is 6.42 Å². The monoisotopic (exact) mass is 364 g/mol. The minimum atomic E-state index is -0.0698. The van der Waals surface area contributed by atoms with Gasteiger partial charge in [0.15, 0.2) is 0 Å². The Morgan fingerprint density at radius 2 is 1.81 bits per heavy atom. The fourth-order valence-electron chi connectivity index (χ4n) is 3.49. The van der Waals surface area contributed by atoms with E-state index < -0.39 is 0 Å². The number of rotatable bonds is 3. The van der Waals surface area contributed by atoms with E-state index in [0.717, 1.165) is 49.6 Å². The molecule has 4 rings (SSSR count). The molecular weight excluding hydrogens is 340 g/mol. The number of hydrogen-bond acceptors (Lipinski definition) is 5. The van der Waals surface area contributed by atoms with Crippen molar-refractivity contribution < 1.29 is 4.74 Å². The Balaban J connectivity index is 1.68. The molecule has 6 nitrogen and oxygen atoms in total. The molecule has 140 valence electrons. The SMILES string of the molecule is COc1ccc(-c2cc(=O)n3cc(N4CCCN(C)CC4)ccc3n2)cc1. The van der Waals surface area contributed by atoms with Gasteiger partial charge < -0.3 is 14.5 Å². The van der Waals surface area contributed by atoms with Gasteiger partial charge in [0.25, 0.3) is 5.56 Å². The molecule has 0 saturated carbocycles. The van der Waals surface area contributed by atoms with Gasteiger partial charge in [0.05, 0.1) is 18.5 Å². The highest BCUT2D eigenvalue weighted by molar-refractivity contribution is 5.63. The lowest BCUT2D eigenvalue weighted by Crippen LogP contribution is -2.29. The second kappa shape index (κ2) is 7.40. The lowest BCUT2D eigenvalue weighted by atomic mass is 10.1. The van der Waals surface area contributed by atoms with E-state index in [-0.39, 0.29) is 5.56 Å². The molecule has 1 aromatic carbocycles. The molecule has 0 aliphatic carbocycles. The van der Waals surface area contributed by atoms with Crippen LogP contribution in [0.3, 0.4) is 0 Å². The smallest absolute Gasteiger partial charge is 0.258 e. The first-order valence-electron chi connectivity index (χ1n) is 9.25. The Labute approximate surface area is 158 Å². The van der Waals surface area contributed by atoms with Gasteiger partial charge in [-0.1, -0.05) is 0 Å². The summed E-state index contributed by atoms with van der Waals surface area (Å²) < 4.78 is 6.83. The summed E-state index contributed by atoms with van der Waals surface area (Å²) in [7, 11) is 3.79. The van der Waals surface area contributed by atoms with Crippen molar-refractivity contribution in [1.82, 2.24) is 14.3 Å². The van der Waals surface area contributed by atoms with E-state index in [1.807, 2.05) is 36.5 Å². The fraction of sp³-hybridized carbons (Fsp3) is 0.333. The minimum absolute atomic E-state index is 0.0698. The zero-order chi connectivity index (χ0) is 18.8. The second-order valence-electron chi connectivity index (χ2n) is 6.97. The Hall–Kier alpha value is -2.86. The number of likely N-dealkylation sites (N-methyl/N-ethyl adjacent to an activating group) is 1. The summed E-state index contributed by atoms with van der Waals surface area (Å²) >= 11 is 0. The molecule has 27 heavy (non-hydrogen) atoms. The van der Waals surface area contributed by atoms with E-state index in [1.54, 1.807) is 17.6 Å². The second-order valence-corrected chi connectivity index (χ2v) is 6.97. The maximum Gasteiger partial charge on any atom is 0.258 e. The van der Waals surface area contributed by atoms with E-state index in [9.17, 15) is 4.79 Å². The average Bonchev–Trinajstić information content (AvgIpc) is 2.92. The molecule has 0 radical (unpaired) electrons. The first-order valence-corrected chi connectivity index (χ1v) is 9.25. The molecule has 1 fully saturated rings. The predicted octanol–water partition coefficient (Wildman–Crippen LogP) is 2.51. The van der Waals surface area contributed by atoms with Gasteiger partial charge in [-0.15, -0.1) is 0 Å². The highest BCUT2D eigenvalue weighted by Gasteiger charge is 2.14. The first kappa shape index (κ1) is 17.5. The average molecular weight is 364 g/mol. The van der Waals surface area contributed by atoms with Crippen LogP contribution in [-0.2, 0) is 0 Å². The number of ether oxygens (including phenoxy) is 1. The van der Waals surface area contributed by atoms with Crippen molar-refractivity contribution in [3.05, 3.63) is 59.0 Å². The van der Waals surface area contributed by atoms with Crippen molar-refractivity contribution >= 4 is 11.3 Å². The predicted molar refractivity (Wildman–Crippen MR) is 108 cm³/mol. The maximum atomic E-state index is 12.7. The Kier molecular flexibility index (Phi) is 4.81. The molecule has 3 heterocycles. The Morgan fingerprint density at radius 1 is 1.00 bits per heavy atom. The van der Waals surface area contributed by atoms with Crippen molar-refractivity contribution in [2.75, 3.05) is 45.2 Å². The van der Waals surface area contributed by atoms with Crippen molar-refractivity contribution in [2.45, 2.75) is 6.42 Å². The van der Waals surface area contributed by atoms with Crippen molar-refractivity contribution in [2.24, 2.45) is 0 Å². The topological polar surface area (TPSA) is 50.1 Å². The standard InChI is InChI=1S/C21H24N4O2/c1-23-10-3-11-24(13-12-23)17-6-9-20-22-19(14-21(26)25(20)15-17)16-4-7-18(27-2)8-5-16/h4-9,14-15H,3,10-13H2,1-2H3. The summed E-state index contributed by atoms with van der Waals surface area (Å²) in [6, 6.07) is 13.2. The van der Waals surface area contributed by atoms with E-state index in [4.69, 9.17) is 4.74 Å². The van der Waals surface area contributed by atoms with Gasteiger partial charge in [0, 0.05) is 37.5 Å². The molecule has 0 spiro atoms. The summed E-state index contributed by atoms with van der Waals surface area (Å²) in [6.07, 6.45) is 3.03. The number of methoxy groups -OCH3 is 1. The number of aromatic nitrogens is 2. The van der Waals surface area contributed by atoms with Gasteiger partial charge in [-0.05, 0) is 56.4 Å². The largest absolute Gasteiger partial charge is 0.497 e. The lowest BCUT2D eigenvalue weighted by molar-refractivity contribution is 0.360. The summed E-state index contributed by atoms with van der Waals surface area (Å²) in [5.41, 5.74) is 3.23. The highest BCUT2D eigenvalue weighted by Crippen LogP contribution is 2.21. The number of benzene rings is 1. The molecule has 1 aliphatic heterocycles. The number of hydrogen-bond donors (Lipinski definition) is 0. The van der Waals surface area contributed by atoms with Crippen LogP contribution in [0.25, 0.3) is 16.9 Å². The minimum Gasteiger partial charge on any atom is -0.497 e. The van der Waals surface area contributed by atoms with Crippen LogP contribution in [0.15, 0.2) is 53.5 Å². The molecule has 6 heteroatoms. The third kappa shape index (κ3) is 3.66. The van der Waals surface area contributed by atoms with Crippen LogP contribution in [0.4, 0.5) is 5.69 Å². The van der Waals surface area contributed by atoms with Gasteiger partial charge >= 0.3 is 0 Å². The number of fused-ring (bicyclic) bond motifs is 1. The summed E-state index contributed by atoms with van der Waals surface area (Å²) in [6.45, 7) is 4.11. The number of anilines is 1. The summed E-state index contributed by atoms with van der Waals surface area (Å²) in [5.74, 6) is 0.781. The number of nitrogens with zero attached hydrogens (tertiary/aromatic N) is 4. The molecule has 3 aromatic rings. The Bertz CT molecular complexity index is 997. The lowest BCUT2D eigenvalue weighted by Gasteiger charge is -2.23. The van der Waals surface area contributed by atoms with Crippen molar-refractivity contribution in [3.8, 4) is 17.0 Å². The molecule has 0 N–H and O–H groups in total. The molecule has 1 saturated heterocycles. The normalized spacial score (nSPS) is 15.7. The van der Waals surface area contributed by atoms with Gasteiger partial charge in [-0.2, -0.15) is 0 Å². The van der Waals surface area contributed by atoms with Crippen molar-refractivity contribution in [3.63, 3.8) is 0 Å². The highest BCUT2D eigenvalue weighted by atomic mass is 16.5. The van der Waals surface area contributed by atoms with Gasteiger partial charge in [-0.3, -0.25) is 9.20 Å². The Morgan fingerprint density at radius 3 is 2.59 bits per heavy atom. The summed E-state index contributed by atoms with van der Waals surface area (Å²) in [4.78, 5) is 22.1. The molecular formula is C21H24N4O2. The van der Waals surface area contributed by atoms with Crippen LogP contribution in [0.5, 0.6) is 5.75 Å². The zero-order valence-electron chi connectivity index (χ0n) is 15.8. The molecule has 0 unspecified atom stereocenters. The van der Waals surface area contributed by atoms with Crippen LogP contribution in [0.2, 0.25) is 0 Å². The van der Waals surface area contributed by atoms with Gasteiger partial charge in [-0.25, -0.2) is 4.98 Å². The van der Waals surface area contributed by atoms with E-state index in [2.05, 4.69) is 27.9 Å². The van der Waals surface area contributed by atoms with Crippen LogP contribution < -0.4 is 15.2 Å². The van der Waals surface area contributed by atoms with Gasteiger partial charge in [0.2, 0.25) is 0 Å². The number of pyridine rings is 1. The summed E-state index contributed by atoms with van der Waals surface area (Å²) in [5, 5.41) is 0. The first-order chi connectivity index (χ1) is 13.1. The molecule has 2 aromatic heterocycles. The molecule has 1 aliphatic rings. The molecule has 0 amide bonds. The van der Waals surface area contributed by atoms with Crippen molar-refractivity contribution in [1.29, 1.82) is 0 Å². The van der Waals surface area contributed by atoms with Gasteiger partial charge in [0.1, 0.15) is 11.4 Å². The zero-order valence-corrected chi connectivity index (χ0v) is 15.8. The van der Waals surface area contributed by atoms with Crippen LogP contribution in [-0.4, -0.2) is 54.6 Å². The van der Waals surface area contributed by atoms with Crippen LogP contribution >= 0.6 is 0 Å². The quantitative estimate of drug-likeness (QED) is 0.715. The third-order valence-electron chi connectivity index (χ3n) is 5.11. The van der Waals surface area contributed by atoms with E-state index in [1.165, 1.54) is 0 Å². The van der Waals surface area contributed by atoms with Crippen LogP contribution in [0, 0.1) is 0 Å². The maximum absolute atomic E-state index is 12.7. The van der Waals surface area contributed by atoms with E-state index in [0.29, 0.717) is 11.3 Å². The third-order valence-corrected chi connectivity index (χ3v) is 5.11. The molecule has 0 atom stereocenters. The van der Waals surface area contributed by atoms with E-state index >= 15 is 0 Å². The molecule has 0 bridgehead atoms. The fourth-order valence-corrected chi connectivity index (χ4v) is 3.49.